The van der Waals surface area contributed by atoms with Gasteiger partial charge in [-0.05, 0) is 92.5 Å². The molecule has 3 aliphatic rings. The third kappa shape index (κ3) is 7.44. The minimum Gasteiger partial charge on any atom is -0.465 e. The minimum absolute atomic E-state index is 0.0909. The van der Waals surface area contributed by atoms with Crippen LogP contribution in [0.4, 0.5) is 10.5 Å². The minimum atomic E-state index is -1.29. The average Bonchev–Trinajstić information content (AvgIpc) is 4.04. The number of hydrogen-bond donors (Lipinski definition) is 4. The largest absolute Gasteiger partial charge is 0.465 e. The van der Waals surface area contributed by atoms with Crippen molar-refractivity contribution < 1.29 is 28.7 Å². The van der Waals surface area contributed by atoms with Crippen LogP contribution >= 0.6 is 0 Å². The van der Waals surface area contributed by atoms with Gasteiger partial charge in [0.05, 0.1) is 29.7 Å². The summed E-state index contributed by atoms with van der Waals surface area (Å²) in [5.74, 6) is 1.03. The topological polar surface area (TPSA) is 174 Å². The van der Waals surface area contributed by atoms with Crippen molar-refractivity contribution in [3.05, 3.63) is 114 Å². The Morgan fingerprint density at radius 3 is 2.62 bits per heavy atom. The van der Waals surface area contributed by atoms with Gasteiger partial charge in [0.2, 0.25) is 23.6 Å². The Kier molecular flexibility index (Phi) is 10.2. The maximum absolute atomic E-state index is 13.7. The predicted molar refractivity (Wildman–Crippen MR) is 210 cm³/mol. The predicted octanol–water partition coefficient (Wildman–Crippen LogP) is 6.94. The van der Waals surface area contributed by atoms with E-state index in [0.29, 0.717) is 73.7 Å². The molecule has 4 amide bonds. The summed E-state index contributed by atoms with van der Waals surface area (Å²) >= 11 is 0. The number of oxazole rings is 1. The fourth-order valence-electron chi connectivity index (χ4n) is 8.08. The smallest absolute Gasteiger partial charge is 0.405 e. The van der Waals surface area contributed by atoms with Crippen molar-refractivity contribution >= 4 is 40.5 Å². The fourth-order valence-corrected chi connectivity index (χ4v) is 8.08. The average molecular weight is 754 g/mol. The summed E-state index contributed by atoms with van der Waals surface area (Å²) in [4.78, 5) is 68.7. The summed E-state index contributed by atoms with van der Waals surface area (Å²) in [6.45, 7) is 2.93. The first-order chi connectivity index (χ1) is 27.2. The molecule has 286 valence electrons. The number of rotatable bonds is 10. The van der Waals surface area contributed by atoms with Crippen molar-refractivity contribution in [2.45, 2.75) is 70.0 Å². The highest BCUT2D eigenvalue weighted by Gasteiger charge is 2.39. The molecule has 0 saturated carbocycles. The Balaban J connectivity index is 0.966. The highest BCUT2D eigenvalue weighted by Crippen LogP contribution is 2.35. The molecule has 2 aromatic heterocycles. The van der Waals surface area contributed by atoms with Crippen LogP contribution < -0.4 is 10.6 Å². The second kappa shape index (κ2) is 15.7. The molecule has 5 aromatic rings. The molecule has 0 unspecified atom stereocenters. The lowest BCUT2D eigenvalue weighted by Crippen LogP contribution is -2.53. The number of carbonyl (C=O) groups is 4. The molecular formula is C43H43N7O6. The maximum atomic E-state index is 13.7. The SMILES string of the molecule is Cc1c(NC(=O)[C@@H]2CCCN2C(=O)[C@H](NC(=O)O)C2=CC=CCC2)cccc1-c1ncc(-c2ccc3nc([C@@H]4CCCN4C(=O)Cc4ccccc4)[nH]c3c2)o1. The first-order valence-corrected chi connectivity index (χ1v) is 19.1. The number of carboxylic acid groups (broad SMARTS) is 1. The van der Waals surface area contributed by atoms with Gasteiger partial charge in [-0.25, -0.2) is 14.8 Å². The molecule has 0 bridgehead atoms. The van der Waals surface area contributed by atoms with Gasteiger partial charge >= 0.3 is 6.09 Å². The molecule has 4 heterocycles. The lowest BCUT2D eigenvalue weighted by molar-refractivity contribution is -0.137. The molecular weight excluding hydrogens is 711 g/mol. The number of aromatic amines is 1. The standard InChI is InChI=1S/C43H43N7O6/c1-26-30(15-8-16-31(26)47-40(52)35-18-10-22-50(35)42(53)38(48-43(54)55)28-13-6-3-7-14-28)41-44-25-36(56-41)29-19-20-32-33(24-29)46-39(45-32)34-17-9-21-49(34)37(51)23-27-11-4-2-5-12-27/h2-6,8,11-13,15-16,19-20,24-25,34-35,38,48H,7,9-10,14,17-18,21-23H2,1H3,(H,45,46)(H,47,52)(H,54,55)/t34-,35-,38+/m0/s1. The summed E-state index contributed by atoms with van der Waals surface area (Å²) in [6, 6.07) is 19.2. The number of nitrogens with one attached hydrogen (secondary N) is 3. The van der Waals surface area contributed by atoms with E-state index in [2.05, 4.69) is 20.6 Å². The molecule has 0 spiro atoms. The summed E-state index contributed by atoms with van der Waals surface area (Å²) in [6.07, 6.45) is 10.4. The Labute approximate surface area is 323 Å². The van der Waals surface area contributed by atoms with Gasteiger partial charge in [-0.15, -0.1) is 0 Å². The van der Waals surface area contributed by atoms with E-state index in [9.17, 15) is 24.3 Å². The molecule has 4 N–H and O–H groups in total. The van der Waals surface area contributed by atoms with Gasteiger partial charge in [-0.2, -0.15) is 0 Å². The van der Waals surface area contributed by atoms with Gasteiger partial charge in [0.25, 0.3) is 0 Å². The molecule has 2 saturated heterocycles. The van der Waals surface area contributed by atoms with Crippen LogP contribution in [0.3, 0.4) is 0 Å². The monoisotopic (exact) mass is 753 g/mol. The maximum Gasteiger partial charge on any atom is 0.405 e. The van der Waals surface area contributed by atoms with Crippen LogP contribution in [0.5, 0.6) is 0 Å². The van der Waals surface area contributed by atoms with Crippen LogP contribution in [0.1, 0.15) is 61.5 Å². The van der Waals surface area contributed by atoms with Crippen LogP contribution in [0.25, 0.3) is 33.8 Å². The number of amides is 4. The van der Waals surface area contributed by atoms with E-state index >= 15 is 0 Å². The first kappa shape index (κ1) is 36.5. The van der Waals surface area contributed by atoms with E-state index < -0.39 is 24.1 Å². The molecule has 3 atom stereocenters. The fraction of sp³-hybridized carbons (Fsp3) is 0.302. The number of fused-ring (bicyclic) bond motifs is 1. The summed E-state index contributed by atoms with van der Waals surface area (Å²) in [5.41, 5.74) is 6.10. The number of likely N-dealkylation sites (tertiary alicyclic amines) is 2. The summed E-state index contributed by atoms with van der Waals surface area (Å²) in [5, 5.41) is 14.9. The van der Waals surface area contributed by atoms with Crippen LogP contribution in [0, 0.1) is 6.92 Å². The third-order valence-electron chi connectivity index (χ3n) is 11.0. The van der Waals surface area contributed by atoms with E-state index in [-0.39, 0.29) is 17.9 Å². The van der Waals surface area contributed by atoms with E-state index in [0.717, 1.165) is 46.4 Å². The van der Waals surface area contributed by atoms with Crippen molar-refractivity contribution in [3.8, 4) is 22.8 Å². The zero-order chi connectivity index (χ0) is 38.8. The molecule has 2 aliphatic heterocycles. The molecule has 1 aliphatic carbocycles. The number of imidazole rings is 1. The van der Waals surface area contributed by atoms with Gasteiger partial charge in [-0.3, -0.25) is 14.4 Å². The first-order valence-electron chi connectivity index (χ1n) is 19.1. The van der Waals surface area contributed by atoms with Crippen molar-refractivity contribution in [2.24, 2.45) is 0 Å². The number of H-pyrrole nitrogens is 1. The second-order valence-electron chi connectivity index (χ2n) is 14.5. The highest BCUT2D eigenvalue weighted by molar-refractivity contribution is 6.00. The van der Waals surface area contributed by atoms with Crippen molar-refractivity contribution in [1.82, 2.24) is 30.1 Å². The molecule has 8 rings (SSSR count). The van der Waals surface area contributed by atoms with Crippen LogP contribution in [-0.4, -0.2) is 78.8 Å². The molecule has 13 heteroatoms. The summed E-state index contributed by atoms with van der Waals surface area (Å²) < 4.78 is 6.29. The highest BCUT2D eigenvalue weighted by atomic mass is 16.4. The Morgan fingerprint density at radius 2 is 1.82 bits per heavy atom. The van der Waals surface area contributed by atoms with Crippen molar-refractivity contribution in [1.29, 1.82) is 0 Å². The Morgan fingerprint density at radius 1 is 1.00 bits per heavy atom. The zero-order valence-corrected chi connectivity index (χ0v) is 31.0. The van der Waals surface area contributed by atoms with E-state index in [1.165, 1.54) is 4.90 Å². The molecule has 3 aromatic carbocycles. The van der Waals surface area contributed by atoms with Gasteiger partial charge in [0, 0.05) is 29.9 Å². The van der Waals surface area contributed by atoms with Crippen LogP contribution in [0.15, 0.2) is 101 Å². The van der Waals surface area contributed by atoms with Gasteiger partial charge in [0.15, 0.2) is 5.76 Å². The Hall–Kier alpha value is -6.50. The van der Waals surface area contributed by atoms with E-state index in [4.69, 9.17) is 9.40 Å². The lowest BCUT2D eigenvalue weighted by atomic mass is 9.96. The number of anilines is 1. The van der Waals surface area contributed by atoms with Gasteiger partial charge < -0.3 is 34.9 Å². The second-order valence-corrected chi connectivity index (χ2v) is 14.5. The van der Waals surface area contributed by atoms with Gasteiger partial charge in [-0.1, -0.05) is 54.6 Å². The number of benzene rings is 3. The molecule has 56 heavy (non-hydrogen) atoms. The van der Waals surface area contributed by atoms with Crippen LogP contribution in [-0.2, 0) is 20.8 Å². The normalized spacial score (nSPS) is 18.6. The van der Waals surface area contributed by atoms with Crippen LogP contribution in [0.2, 0.25) is 0 Å². The zero-order valence-electron chi connectivity index (χ0n) is 31.0. The number of aromatic nitrogens is 3. The molecule has 2 fully saturated rings. The van der Waals surface area contributed by atoms with E-state index in [1.54, 1.807) is 18.3 Å². The quantitative estimate of drug-likeness (QED) is 0.119. The van der Waals surface area contributed by atoms with Gasteiger partial charge in [0.1, 0.15) is 17.9 Å². The van der Waals surface area contributed by atoms with Crippen molar-refractivity contribution in [3.63, 3.8) is 0 Å². The number of nitrogens with zero attached hydrogens (tertiary/aromatic N) is 4. The Bertz CT molecular complexity index is 2360. The molecule has 0 radical (unpaired) electrons. The third-order valence-corrected chi connectivity index (χ3v) is 11.0. The number of carbonyl (C=O) groups excluding carboxylic acids is 3. The molecule has 13 nitrogen and oxygen atoms in total. The van der Waals surface area contributed by atoms with E-state index in [1.807, 2.05) is 84.6 Å². The number of hydrogen-bond acceptors (Lipinski definition) is 7. The lowest BCUT2D eigenvalue weighted by Gasteiger charge is -2.30. The van der Waals surface area contributed by atoms with Crippen molar-refractivity contribution in [2.75, 3.05) is 18.4 Å². The summed E-state index contributed by atoms with van der Waals surface area (Å²) in [7, 11) is 0. The number of allylic oxidation sites excluding steroid dienone is 3.